The van der Waals surface area contributed by atoms with Crippen LogP contribution < -0.4 is 44.1 Å². The van der Waals surface area contributed by atoms with Crippen molar-refractivity contribution in [3.8, 4) is 11.5 Å². The first kappa shape index (κ1) is 25.2. The molecule has 8 nitrogen and oxygen atoms in total. The van der Waals surface area contributed by atoms with E-state index in [0.29, 0.717) is 28.1 Å². The number of Topliss-reactive ketones (excluding diaryl/α,β-unsaturated/α-hetero) is 1. The predicted octanol–water partition coefficient (Wildman–Crippen LogP) is -0.127. The molecule has 4 aromatic rings. The molecule has 0 amide bonds. The van der Waals surface area contributed by atoms with Crippen LogP contribution in [0.5, 0.6) is 11.5 Å². The summed E-state index contributed by atoms with van der Waals surface area (Å²) >= 11 is 0. The Kier molecular flexibility index (Phi) is 8.22. The summed E-state index contributed by atoms with van der Waals surface area (Å²) in [5.41, 5.74) is 2.00. The normalized spacial score (nSPS) is 11.4. The second kappa shape index (κ2) is 11.1. The first-order valence-electron chi connectivity index (χ1n) is 9.99. The summed E-state index contributed by atoms with van der Waals surface area (Å²) in [7, 11) is 3.07. The Balaban J connectivity index is 0.00000324. The van der Waals surface area contributed by atoms with Crippen LogP contribution in [0, 0.1) is 0 Å². The zero-order valence-electron chi connectivity index (χ0n) is 18.9. The second-order valence-corrected chi connectivity index (χ2v) is 7.19. The molecule has 9 heteroatoms. The molecule has 0 aliphatic carbocycles. The van der Waals surface area contributed by atoms with Gasteiger partial charge in [-0.15, -0.1) is 0 Å². The van der Waals surface area contributed by atoms with Crippen molar-refractivity contribution in [2.75, 3.05) is 14.2 Å². The Labute approximate surface area is 217 Å². The third kappa shape index (κ3) is 5.36. The molecule has 0 fully saturated rings. The van der Waals surface area contributed by atoms with Gasteiger partial charge in [0.2, 0.25) is 0 Å². The topological polar surface area (TPSA) is 115 Å². The number of aliphatic carboxylic acids is 1. The number of carbonyl (C=O) groups is 2. The smallest absolute Gasteiger partial charge is 0.545 e. The van der Waals surface area contributed by atoms with Gasteiger partial charge in [-0.05, 0) is 70.0 Å². The summed E-state index contributed by atoms with van der Waals surface area (Å²) in [5.74, 6) is -0.687. The molecule has 0 atom stereocenters. The van der Waals surface area contributed by atoms with E-state index in [-0.39, 0.29) is 52.7 Å². The molecule has 34 heavy (non-hydrogen) atoms. The largest absolute Gasteiger partial charge is 1.00 e. The maximum Gasteiger partial charge on any atom is 1.00 e. The maximum absolute atomic E-state index is 13.5. The minimum absolute atomic E-state index is 0. The van der Waals surface area contributed by atoms with Gasteiger partial charge in [0.25, 0.3) is 0 Å². The quantitative estimate of drug-likeness (QED) is 0.201. The molecule has 4 rings (SSSR count). The molecule has 0 aliphatic heterocycles. The fourth-order valence-electron chi connectivity index (χ4n) is 3.50. The number of rotatable bonds is 8. The number of carboxylic acid groups (broad SMARTS) is 1. The van der Waals surface area contributed by atoms with Gasteiger partial charge in [-0.1, -0.05) is 18.2 Å². The van der Waals surface area contributed by atoms with Crippen LogP contribution in [0.2, 0.25) is 0 Å². The standard InChI is InChI=1S/C25H20N2O6.Na/c1-31-18-8-3-15(4-9-18)13-20(24(28)16-5-10-19(32-2)11-6-16)23(25(29)30)17-7-12-21-22(14-17)27-33-26-21;/h3-12,14H,13H2,1-2H3,(H,29,30);/q;+1/p-1. The van der Waals surface area contributed by atoms with Crippen LogP contribution >= 0.6 is 0 Å². The molecule has 0 unspecified atom stereocenters. The van der Waals surface area contributed by atoms with E-state index in [1.165, 1.54) is 13.2 Å². The summed E-state index contributed by atoms with van der Waals surface area (Å²) in [6.45, 7) is 0. The second-order valence-electron chi connectivity index (χ2n) is 7.19. The summed E-state index contributed by atoms with van der Waals surface area (Å²) in [6, 6.07) is 18.1. The Morgan fingerprint density at radius 2 is 1.38 bits per heavy atom. The van der Waals surface area contributed by atoms with E-state index >= 15 is 0 Å². The van der Waals surface area contributed by atoms with E-state index in [0.717, 1.165) is 5.56 Å². The fraction of sp³-hybridized carbons (Fsp3) is 0.120. The molecule has 0 radical (unpaired) electrons. The third-order valence-electron chi connectivity index (χ3n) is 5.21. The SMILES string of the molecule is COc1ccc(CC(C(=O)c2ccc(OC)cc2)=C(C(=O)[O-])c2ccc3nonc3c2)cc1.[Na+]. The van der Waals surface area contributed by atoms with Gasteiger partial charge in [0.15, 0.2) is 5.78 Å². The number of aromatic nitrogens is 2. The molecule has 166 valence electrons. The van der Waals surface area contributed by atoms with Gasteiger partial charge in [-0.2, -0.15) is 0 Å². The van der Waals surface area contributed by atoms with Gasteiger partial charge < -0.3 is 19.4 Å². The molecule has 0 saturated carbocycles. The summed E-state index contributed by atoms with van der Waals surface area (Å²) < 4.78 is 15.0. The predicted molar refractivity (Wildman–Crippen MR) is 118 cm³/mol. The molecule has 1 heterocycles. The average Bonchev–Trinajstić information content (AvgIpc) is 3.31. The first-order valence-corrected chi connectivity index (χ1v) is 9.99. The number of hydrogen-bond donors (Lipinski definition) is 0. The van der Waals surface area contributed by atoms with Crippen LogP contribution in [0.25, 0.3) is 16.6 Å². The Bertz CT molecular complexity index is 1340. The maximum atomic E-state index is 13.5. The van der Waals surface area contributed by atoms with Gasteiger partial charge >= 0.3 is 29.6 Å². The van der Waals surface area contributed by atoms with Crippen LogP contribution in [0.15, 0.2) is 76.9 Å². The van der Waals surface area contributed by atoms with E-state index < -0.39 is 11.8 Å². The van der Waals surface area contributed by atoms with Crippen LogP contribution in [-0.2, 0) is 11.2 Å². The Morgan fingerprint density at radius 1 is 0.824 bits per heavy atom. The minimum Gasteiger partial charge on any atom is -0.545 e. The van der Waals surface area contributed by atoms with Crippen molar-refractivity contribution < 1.29 is 58.4 Å². The summed E-state index contributed by atoms with van der Waals surface area (Å²) in [5, 5.41) is 19.8. The van der Waals surface area contributed by atoms with E-state index in [4.69, 9.17) is 14.1 Å². The van der Waals surface area contributed by atoms with Gasteiger partial charge in [-0.25, -0.2) is 4.63 Å². The number of hydrogen-bond acceptors (Lipinski definition) is 8. The molecular formula is C25H19N2NaO6. The average molecular weight is 466 g/mol. The van der Waals surface area contributed by atoms with Gasteiger partial charge in [0, 0.05) is 23.1 Å². The van der Waals surface area contributed by atoms with Crippen molar-refractivity contribution >= 4 is 28.4 Å². The number of nitrogens with zero attached hydrogens (tertiary/aromatic N) is 2. The fourth-order valence-corrected chi connectivity index (χ4v) is 3.50. The van der Waals surface area contributed by atoms with Crippen molar-refractivity contribution in [3.05, 3.63) is 89.0 Å². The number of benzene rings is 3. The minimum atomic E-state index is -1.48. The monoisotopic (exact) mass is 466 g/mol. The molecule has 0 saturated heterocycles. The number of methoxy groups -OCH3 is 2. The summed E-state index contributed by atoms with van der Waals surface area (Å²) in [4.78, 5) is 25.9. The van der Waals surface area contributed by atoms with Gasteiger partial charge in [-0.3, -0.25) is 4.79 Å². The summed E-state index contributed by atoms with van der Waals surface area (Å²) in [6.07, 6.45) is 0.0628. The Morgan fingerprint density at radius 3 is 1.97 bits per heavy atom. The van der Waals surface area contributed by atoms with Crippen LogP contribution in [0.4, 0.5) is 0 Å². The molecule has 0 aliphatic rings. The van der Waals surface area contributed by atoms with Crippen molar-refractivity contribution in [1.82, 2.24) is 10.3 Å². The number of carbonyl (C=O) groups excluding carboxylic acids is 2. The van der Waals surface area contributed by atoms with E-state index in [1.807, 2.05) is 0 Å². The number of carboxylic acids is 1. The van der Waals surface area contributed by atoms with Crippen LogP contribution in [0.3, 0.4) is 0 Å². The number of allylic oxidation sites excluding steroid dienone is 1. The molecule has 0 N–H and O–H groups in total. The molecule has 3 aromatic carbocycles. The zero-order chi connectivity index (χ0) is 23.4. The van der Waals surface area contributed by atoms with Crippen molar-refractivity contribution in [2.24, 2.45) is 0 Å². The molecular weight excluding hydrogens is 447 g/mol. The van der Waals surface area contributed by atoms with E-state index in [2.05, 4.69) is 10.3 Å². The van der Waals surface area contributed by atoms with Crippen molar-refractivity contribution in [3.63, 3.8) is 0 Å². The zero-order valence-corrected chi connectivity index (χ0v) is 20.9. The van der Waals surface area contributed by atoms with Crippen molar-refractivity contribution in [1.29, 1.82) is 0 Å². The number of ether oxygens (including phenoxy) is 2. The number of fused-ring (bicyclic) bond motifs is 1. The van der Waals surface area contributed by atoms with Gasteiger partial charge in [0.1, 0.15) is 22.5 Å². The van der Waals surface area contributed by atoms with Crippen LogP contribution in [-0.4, -0.2) is 36.3 Å². The Hall–Kier alpha value is -3.46. The van der Waals surface area contributed by atoms with Gasteiger partial charge in [0.05, 0.1) is 20.2 Å². The molecule has 0 bridgehead atoms. The third-order valence-corrected chi connectivity index (χ3v) is 5.21. The van der Waals surface area contributed by atoms with E-state index in [1.54, 1.807) is 67.8 Å². The number of ketones is 1. The molecule has 0 spiro atoms. The first-order chi connectivity index (χ1) is 16.0. The van der Waals surface area contributed by atoms with Crippen molar-refractivity contribution in [2.45, 2.75) is 6.42 Å². The van der Waals surface area contributed by atoms with Crippen LogP contribution in [0.1, 0.15) is 21.5 Å². The molecule has 1 aromatic heterocycles. The van der Waals surface area contributed by atoms with E-state index in [9.17, 15) is 14.7 Å².